The van der Waals surface area contributed by atoms with E-state index in [0.29, 0.717) is 0 Å². The van der Waals surface area contributed by atoms with Gasteiger partial charge in [-0.05, 0) is 26.7 Å². The van der Waals surface area contributed by atoms with Gasteiger partial charge in [0.1, 0.15) is 0 Å². The Balaban J connectivity index is 0. The minimum atomic E-state index is -4.99. The summed E-state index contributed by atoms with van der Waals surface area (Å²) in [6.07, 6.45) is -1.37. The molecule has 0 aliphatic rings. The van der Waals surface area contributed by atoms with Crippen LogP contribution in [0.2, 0.25) is 0 Å². The van der Waals surface area contributed by atoms with Gasteiger partial charge in [0.15, 0.2) is 0 Å². The maximum absolute atomic E-state index is 11.4. The Morgan fingerprint density at radius 1 is 1.17 bits per heavy atom. The molecule has 0 unspecified atom stereocenters. The van der Waals surface area contributed by atoms with Crippen molar-refractivity contribution >= 4 is 17.7 Å². The summed E-state index contributed by atoms with van der Waals surface area (Å²) in [6.45, 7) is 1.76. The average molecular weight is 310 g/mol. The largest absolute Gasteiger partial charge is 1.00 e. The van der Waals surface area contributed by atoms with Crippen LogP contribution < -0.4 is 68.9 Å². The van der Waals surface area contributed by atoms with Gasteiger partial charge < -0.3 is 14.4 Å². The fourth-order valence-corrected chi connectivity index (χ4v) is 2.58. The van der Waals surface area contributed by atoms with E-state index in [0.717, 1.165) is 5.56 Å². The Hall–Kier alpha value is 1.28. The topological polar surface area (TPSA) is 107 Å². The second-order valence-corrected chi connectivity index (χ2v) is 6.22. The molecule has 6 nitrogen and oxygen atoms in total. The molecule has 0 amide bonds. The van der Waals surface area contributed by atoms with E-state index in [1.807, 2.05) is 0 Å². The van der Waals surface area contributed by atoms with Crippen molar-refractivity contribution in [1.82, 2.24) is 0 Å². The van der Waals surface area contributed by atoms with Crippen molar-refractivity contribution in [1.29, 1.82) is 0 Å². The molecule has 1 aromatic carbocycles. The van der Waals surface area contributed by atoms with Crippen molar-refractivity contribution in [3.8, 4) is 0 Å². The molecule has 0 atom stereocenters. The fraction of sp³-hybridized carbons (Fsp3) is 0.250. The van der Waals surface area contributed by atoms with Crippen LogP contribution in [0.15, 0.2) is 29.2 Å². The van der Waals surface area contributed by atoms with Gasteiger partial charge in [-0.2, -0.15) is 8.42 Å². The van der Waals surface area contributed by atoms with Crippen molar-refractivity contribution < 1.29 is 86.1 Å². The van der Waals surface area contributed by atoms with Gasteiger partial charge in [0.2, 0.25) is 0 Å². The first-order valence-electron chi connectivity index (χ1n) is 4.18. The summed E-state index contributed by atoms with van der Waals surface area (Å²) in [4.78, 5) is 20.3. The standard InChI is InChI=1S/C8H11O6PS.2Na/c1-7-2-4-8(5-3-7)16(12,13)14-6-15(9,10)11;;/h2-5H,6H2,1H3,(H2,9,10,11);;/q;2*+1/p-2. The van der Waals surface area contributed by atoms with Crippen molar-refractivity contribution in [2.75, 3.05) is 6.35 Å². The van der Waals surface area contributed by atoms with Gasteiger partial charge in [-0.1, -0.05) is 17.7 Å². The molecule has 0 N–H and O–H groups in total. The summed E-state index contributed by atoms with van der Waals surface area (Å²) in [6, 6.07) is 5.60. The molecule has 0 heterocycles. The summed E-state index contributed by atoms with van der Waals surface area (Å²) in [5.41, 5.74) is 0.845. The van der Waals surface area contributed by atoms with Crippen molar-refractivity contribution in [3.05, 3.63) is 29.8 Å². The van der Waals surface area contributed by atoms with E-state index < -0.39 is 24.1 Å². The zero-order valence-corrected chi connectivity index (χ0v) is 16.0. The Kier molecular flexibility index (Phi) is 10.2. The molecule has 0 saturated heterocycles. The van der Waals surface area contributed by atoms with E-state index in [-0.39, 0.29) is 64.0 Å². The summed E-state index contributed by atoms with van der Waals surface area (Å²) < 4.78 is 37.1. The van der Waals surface area contributed by atoms with E-state index in [4.69, 9.17) is 0 Å². The van der Waals surface area contributed by atoms with E-state index in [2.05, 4.69) is 4.18 Å². The first-order chi connectivity index (χ1) is 7.21. The van der Waals surface area contributed by atoms with Gasteiger partial charge in [0.25, 0.3) is 10.1 Å². The molecule has 0 spiro atoms. The third-order valence-corrected chi connectivity index (χ3v) is 3.57. The van der Waals surface area contributed by atoms with E-state index in [1.165, 1.54) is 24.3 Å². The van der Waals surface area contributed by atoms with Crippen LogP contribution in [0.25, 0.3) is 0 Å². The molecule has 18 heavy (non-hydrogen) atoms. The van der Waals surface area contributed by atoms with Gasteiger partial charge in [0, 0.05) is 0 Å². The minimum Gasteiger partial charge on any atom is -0.809 e. The van der Waals surface area contributed by atoms with Crippen LogP contribution in [0.3, 0.4) is 0 Å². The quantitative estimate of drug-likeness (QED) is 0.311. The third-order valence-electron chi connectivity index (χ3n) is 1.68. The van der Waals surface area contributed by atoms with Crippen LogP contribution in [0.5, 0.6) is 0 Å². The smallest absolute Gasteiger partial charge is 0.809 e. The molecule has 0 aliphatic heterocycles. The predicted molar refractivity (Wildman–Crippen MR) is 51.9 cm³/mol. The van der Waals surface area contributed by atoms with E-state index in [9.17, 15) is 22.8 Å². The second kappa shape index (κ2) is 8.54. The number of hydrogen-bond donors (Lipinski definition) is 0. The predicted octanol–water partition coefficient (Wildman–Crippen LogP) is -6.42. The monoisotopic (exact) mass is 310 g/mol. The molecule has 0 saturated carbocycles. The number of benzene rings is 1. The molecular formula is C8H9Na2O6PS. The summed E-state index contributed by atoms with van der Waals surface area (Å²) in [5.74, 6) is 0. The summed E-state index contributed by atoms with van der Waals surface area (Å²) in [5, 5.41) is 0. The third kappa shape index (κ3) is 7.77. The molecule has 0 bridgehead atoms. The maximum atomic E-state index is 11.4. The van der Waals surface area contributed by atoms with Gasteiger partial charge >= 0.3 is 59.1 Å². The zero-order valence-electron chi connectivity index (χ0n) is 10.3. The minimum absolute atomic E-state index is 0. The average Bonchev–Trinajstić information content (AvgIpc) is 2.15. The van der Waals surface area contributed by atoms with Gasteiger partial charge in [-0.3, -0.25) is 4.18 Å². The molecule has 0 aromatic heterocycles. The molecule has 10 heteroatoms. The summed E-state index contributed by atoms with van der Waals surface area (Å²) in [7, 11) is -9.18. The van der Waals surface area contributed by atoms with Crippen LogP contribution in [0.4, 0.5) is 0 Å². The molecule has 0 fully saturated rings. The maximum Gasteiger partial charge on any atom is 1.00 e. The van der Waals surface area contributed by atoms with Crippen molar-refractivity contribution in [2.24, 2.45) is 0 Å². The van der Waals surface area contributed by atoms with Crippen LogP contribution >= 0.6 is 7.60 Å². The van der Waals surface area contributed by atoms with Gasteiger partial charge in [-0.25, -0.2) is 0 Å². The van der Waals surface area contributed by atoms with E-state index >= 15 is 0 Å². The molecular weight excluding hydrogens is 301 g/mol. The van der Waals surface area contributed by atoms with Crippen LogP contribution in [0.1, 0.15) is 5.56 Å². The van der Waals surface area contributed by atoms with Gasteiger partial charge in [0.05, 0.1) is 11.2 Å². The van der Waals surface area contributed by atoms with Gasteiger partial charge in [-0.15, -0.1) is 0 Å². The second-order valence-electron chi connectivity index (χ2n) is 3.13. The number of aryl methyl sites for hydroxylation is 1. The molecule has 0 aliphatic carbocycles. The fourth-order valence-electron chi connectivity index (χ4n) is 0.907. The molecule has 1 aromatic rings. The Labute approximate surface area is 150 Å². The molecule has 1 rings (SSSR count). The van der Waals surface area contributed by atoms with E-state index in [1.54, 1.807) is 6.92 Å². The number of rotatable bonds is 4. The Bertz CT molecular complexity index is 509. The van der Waals surface area contributed by atoms with Crippen LogP contribution in [0, 0.1) is 6.92 Å². The van der Waals surface area contributed by atoms with Crippen molar-refractivity contribution in [2.45, 2.75) is 11.8 Å². The first kappa shape index (κ1) is 21.6. The van der Waals surface area contributed by atoms with Crippen LogP contribution in [-0.4, -0.2) is 14.8 Å². The van der Waals surface area contributed by atoms with Crippen molar-refractivity contribution in [3.63, 3.8) is 0 Å². The first-order valence-corrected chi connectivity index (χ1v) is 7.31. The van der Waals surface area contributed by atoms with Crippen LogP contribution in [-0.2, 0) is 18.9 Å². The Morgan fingerprint density at radius 3 is 2.00 bits per heavy atom. The normalized spacial score (nSPS) is 11.3. The molecule has 90 valence electrons. The number of hydrogen-bond acceptors (Lipinski definition) is 6. The summed E-state index contributed by atoms with van der Waals surface area (Å²) >= 11 is 0. The molecule has 0 radical (unpaired) electrons. The zero-order chi connectivity index (χ0) is 12.4. The SMILES string of the molecule is Cc1ccc(S(=O)(=O)OCP(=O)([O-])[O-])cc1.[Na+].[Na+]. The Morgan fingerprint density at radius 2 is 1.61 bits per heavy atom.